The van der Waals surface area contributed by atoms with Gasteiger partial charge in [-0.3, -0.25) is 4.99 Å². The number of nitrogens with zero attached hydrogens (tertiary/aromatic N) is 5. The average Bonchev–Trinajstić information content (AvgIpc) is 2.93. The number of imidazole rings is 1. The summed E-state index contributed by atoms with van der Waals surface area (Å²) in [6.45, 7) is 0.719. The molecule has 2 bridgehead atoms. The first-order valence-corrected chi connectivity index (χ1v) is 9.36. The number of fused-ring (bicyclic) bond motifs is 2. The molecule has 3 rings (SSSR count). The summed E-state index contributed by atoms with van der Waals surface area (Å²) in [6, 6.07) is 1.97. The lowest BCUT2D eigenvalue weighted by molar-refractivity contribution is 0.0526. The number of hydrogen-bond donors (Lipinski definition) is 2. The van der Waals surface area contributed by atoms with E-state index in [-0.39, 0.29) is 24.0 Å². The van der Waals surface area contributed by atoms with E-state index in [0.717, 1.165) is 36.2 Å². The third-order valence-electron chi connectivity index (χ3n) is 5.80. The van der Waals surface area contributed by atoms with Crippen molar-refractivity contribution in [2.24, 2.45) is 12.0 Å². The predicted octanol–water partition coefficient (Wildman–Crippen LogP) is 1.78. The third kappa shape index (κ3) is 4.62. The fraction of sp³-hybridized carbons (Fsp3) is 0.778. The van der Waals surface area contributed by atoms with E-state index in [1.165, 1.54) is 32.1 Å². The van der Waals surface area contributed by atoms with E-state index in [0.29, 0.717) is 6.04 Å². The molecule has 7 nitrogen and oxygen atoms in total. The van der Waals surface area contributed by atoms with Gasteiger partial charge in [0.05, 0.1) is 18.4 Å². The van der Waals surface area contributed by atoms with Crippen LogP contribution >= 0.6 is 24.0 Å². The van der Waals surface area contributed by atoms with Crippen molar-refractivity contribution in [3.63, 3.8) is 0 Å². The van der Waals surface area contributed by atoms with E-state index in [2.05, 4.69) is 37.1 Å². The second-order valence-corrected chi connectivity index (χ2v) is 7.65. The van der Waals surface area contributed by atoms with Gasteiger partial charge >= 0.3 is 0 Å². The summed E-state index contributed by atoms with van der Waals surface area (Å²) in [4.78, 5) is 13.5. The molecule has 2 atom stereocenters. The first kappa shape index (κ1) is 21.3. The zero-order chi connectivity index (χ0) is 18.0. The molecular weight excluding hydrogens is 441 g/mol. The summed E-state index contributed by atoms with van der Waals surface area (Å²) in [5, 5.41) is 7.10. The molecular formula is C18H34IN7. The minimum atomic E-state index is 0. The van der Waals surface area contributed by atoms with Crippen molar-refractivity contribution in [1.29, 1.82) is 0 Å². The molecule has 2 N–H and O–H groups in total. The van der Waals surface area contributed by atoms with Crippen LogP contribution in [0.25, 0.3) is 0 Å². The van der Waals surface area contributed by atoms with Crippen molar-refractivity contribution in [1.82, 2.24) is 25.1 Å². The van der Waals surface area contributed by atoms with Crippen LogP contribution in [0, 0.1) is 0 Å². The van der Waals surface area contributed by atoms with Gasteiger partial charge in [0.2, 0.25) is 5.95 Å². The fourth-order valence-electron chi connectivity index (χ4n) is 4.31. The van der Waals surface area contributed by atoms with E-state index in [4.69, 9.17) is 0 Å². The van der Waals surface area contributed by atoms with Crippen molar-refractivity contribution in [2.75, 3.05) is 33.1 Å². The summed E-state index contributed by atoms with van der Waals surface area (Å²) >= 11 is 0. The molecule has 1 aromatic rings. The van der Waals surface area contributed by atoms with Gasteiger partial charge in [0.1, 0.15) is 0 Å². The van der Waals surface area contributed by atoms with Crippen LogP contribution in [-0.2, 0) is 13.6 Å². The Morgan fingerprint density at radius 3 is 2.46 bits per heavy atom. The van der Waals surface area contributed by atoms with Crippen LogP contribution < -0.4 is 15.5 Å². The van der Waals surface area contributed by atoms with Gasteiger partial charge in [-0.2, -0.15) is 0 Å². The standard InChI is InChI=1S/C18H33N7.HI/c1-19-17(20-11-16-12-21-18(23(2)3)25(16)5)22-13-9-14-7-6-8-15(10-13)24(14)4;/h12-15H,6-11H2,1-5H3,(H2,19,20,22);1H. The quantitative estimate of drug-likeness (QED) is 0.395. The molecule has 0 radical (unpaired) electrons. The fourth-order valence-corrected chi connectivity index (χ4v) is 4.31. The van der Waals surface area contributed by atoms with E-state index < -0.39 is 0 Å². The van der Waals surface area contributed by atoms with Gasteiger partial charge in [-0.1, -0.05) is 6.42 Å². The summed E-state index contributed by atoms with van der Waals surface area (Å²) in [7, 11) is 10.2. The van der Waals surface area contributed by atoms with Gasteiger partial charge < -0.3 is 25.0 Å². The van der Waals surface area contributed by atoms with Gasteiger partial charge in [0.25, 0.3) is 0 Å². The zero-order valence-corrected chi connectivity index (χ0v) is 19.0. The lowest BCUT2D eigenvalue weighted by Crippen LogP contribution is -2.56. The van der Waals surface area contributed by atoms with E-state index in [1.54, 1.807) is 0 Å². The second kappa shape index (κ2) is 9.25. The molecule has 8 heteroatoms. The van der Waals surface area contributed by atoms with Crippen LogP contribution in [-0.4, -0.2) is 66.7 Å². The Morgan fingerprint density at radius 1 is 1.27 bits per heavy atom. The predicted molar refractivity (Wildman–Crippen MR) is 118 cm³/mol. The van der Waals surface area contributed by atoms with E-state index >= 15 is 0 Å². The molecule has 3 heterocycles. The summed E-state index contributed by atoms with van der Waals surface area (Å²) in [6.07, 6.45) is 8.40. The lowest BCUT2D eigenvalue weighted by Gasteiger charge is -2.47. The Morgan fingerprint density at radius 2 is 1.92 bits per heavy atom. The minimum absolute atomic E-state index is 0. The number of rotatable bonds is 4. The number of hydrogen-bond acceptors (Lipinski definition) is 4. The molecule has 26 heavy (non-hydrogen) atoms. The molecule has 0 aromatic carbocycles. The summed E-state index contributed by atoms with van der Waals surface area (Å²) < 4.78 is 2.11. The Hall–Kier alpha value is -1.03. The number of anilines is 1. The molecule has 2 aliphatic heterocycles. The van der Waals surface area contributed by atoms with Gasteiger partial charge in [-0.25, -0.2) is 4.98 Å². The number of guanidine groups is 1. The van der Waals surface area contributed by atoms with Crippen LogP contribution in [0.5, 0.6) is 0 Å². The third-order valence-corrected chi connectivity index (χ3v) is 5.80. The Labute approximate surface area is 174 Å². The number of piperidine rings is 2. The summed E-state index contributed by atoms with van der Waals surface area (Å²) in [5.74, 6) is 1.85. The molecule has 2 unspecified atom stereocenters. The smallest absolute Gasteiger partial charge is 0.204 e. The largest absolute Gasteiger partial charge is 0.354 e. The molecule has 0 spiro atoms. The summed E-state index contributed by atoms with van der Waals surface area (Å²) in [5.41, 5.74) is 1.15. The van der Waals surface area contributed by atoms with Crippen molar-refractivity contribution in [3.8, 4) is 0 Å². The highest BCUT2D eigenvalue weighted by Crippen LogP contribution is 2.32. The van der Waals surface area contributed by atoms with Gasteiger partial charge in [0, 0.05) is 46.3 Å². The maximum Gasteiger partial charge on any atom is 0.204 e. The highest BCUT2D eigenvalue weighted by molar-refractivity contribution is 14.0. The normalized spacial score (nSPS) is 26.2. The first-order chi connectivity index (χ1) is 12.0. The molecule has 2 saturated heterocycles. The van der Waals surface area contributed by atoms with Crippen LogP contribution in [0.2, 0.25) is 0 Å². The Bertz CT molecular complexity index is 599. The number of halogens is 1. The van der Waals surface area contributed by atoms with Gasteiger partial charge in [-0.05, 0) is 32.7 Å². The maximum atomic E-state index is 4.46. The highest BCUT2D eigenvalue weighted by Gasteiger charge is 2.36. The molecule has 0 saturated carbocycles. The average molecular weight is 475 g/mol. The van der Waals surface area contributed by atoms with Crippen molar-refractivity contribution >= 4 is 35.9 Å². The first-order valence-electron chi connectivity index (χ1n) is 9.36. The van der Waals surface area contributed by atoms with Crippen molar-refractivity contribution in [3.05, 3.63) is 11.9 Å². The Kier molecular flexibility index (Phi) is 7.57. The second-order valence-electron chi connectivity index (χ2n) is 7.65. The molecule has 2 aliphatic rings. The molecule has 0 amide bonds. The zero-order valence-electron chi connectivity index (χ0n) is 16.7. The number of aromatic nitrogens is 2. The van der Waals surface area contributed by atoms with Crippen LogP contribution in [0.15, 0.2) is 11.2 Å². The van der Waals surface area contributed by atoms with Crippen LogP contribution in [0.3, 0.4) is 0 Å². The highest BCUT2D eigenvalue weighted by atomic mass is 127. The van der Waals surface area contributed by atoms with Crippen molar-refractivity contribution in [2.45, 2.75) is 56.8 Å². The number of aliphatic imine (C=N–C) groups is 1. The SMILES string of the molecule is CN=C(NCc1cnc(N(C)C)n1C)NC1CC2CCCC(C1)N2C.I. The molecule has 2 fully saturated rings. The monoisotopic (exact) mass is 475 g/mol. The van der Waals surface area contributed by atoms with Crippen LogP contribution in [0.1, 0.15) is 37.8 Å². The van der Waals surface area contributed by atoms with Crippen LogP contribution in [0.4, 0.5) is 5.95 Å². The molecule has 1 aromatic heterocycles. The van der Waals surface area contributed by atoms with Gasteiger partial charge in [0.15, 0.2) is 5.96 Å². The Balaban J connectivity index is 0.00000243. The molecule has 148 valence electrons. The maximum absolute atomic E-state index is 4.46. The minimum Gasteiger partial charge on any atom is -0.354 e. The molecule has 0 aliphatic carbocycles. The van der Waals surface area contributed by atoms with Gasteiger partial charge in [-0.15, -0.1) is 24.0 Å². The van der Waals surface area contributed by atoms with E-state index in [9.17, 15) is 0 Å². The van der Waals surface area contributed by atoms with Crippen molar-refractivity contribution < 1.29 is 0 Å². The topological polar surface area (TPSA) is 60.7 Å². The number of nitrogens with one attached hydrogen (secondary N) is 2. The lowest BCUT2D eigenvalue weighted by atomic mass is 9.82. The van der Waals surface area contributed by atoms with E-state index in [1.807, 2.05) is 39.3 Å².